The van der Waals surface area contributed by atoms with Crippen LogP contribution in [0.25, 0.3) is 0 Å². The van der Waals surface area contributed by atoms with E-state index < -0.39 is 0 Å². The topological polar surface area (TPSA) is 50.4 Å². The lowest BCUT2D eigenvalue weighted by Crippen LogP contribution is -2.43. The minimum Gasteiger partial charge on any atom is -0.369 e. The van der Waals surface area contributed by atoms with Crippen LogP contribution < -0.4 is 10.6 Å². The maximum atomic E-state index is 11.4. The third-order valence-corrected chi connectivity index (χ3v) is 3.10. The lowest BCUT2D eigenvalue weighted by Gasteiger charge is -2.29. The number of hydrogen-bond donors (Lipinski definition) is 2. The first kappa shape index (κ1) is 13.5. The highest BCUT2D eigenvalue weighted by molar-refractivity contribution is 5.77. The molecule has 0 saturated carbocycles. The van der Waals surface area contributed by atoms with Gasteiger partial charge in [-0.15, -0.1) is 0 Å². The summed E-state index contributed by atoms with van der Waals surface area (Å²) in [5.41, 5.74) is 0. The molecule has 1 amide bonds. The molecule has 1 fully saturated rings. The molecule has 0 aromatic rings. The predicted molar refractivity (Wildman–Crippen MR) is 64.2 cm³/mol. The van der Waals surface area contributed by atoms with Crippen LogP contribution >= 0.6 is 0 Å². The molecule has 4 heteroatoms. The number of amides is 1. The Kier molecular flexibility index (Phi) is 5.77. The molecular weight excluding hydrogens is 204 g/mol. The number of rotatable bonds is 5. The van der Waals surface area contributed by atoms with E-state index >= 15 is 0 Å². The molecule has 1 heterocycles. The quantitative estimate of drug-likeness (QED) is 0.731. The maximum Gasteiger partial charge on any atom is 0.246 e. The van der Waals surface area contributed by atoms with Crippen molar-refractivity contribution in [1.82, 2.24) is 10.6 Å². The monoisotopic (exact) mass is 228 g/mol. The highest BCUT2D eigenvalue weighted by atomic mass is 16.5. The van der Waals surface area contributed by atoms with Crippen LogP contribution in [0.1, 0.15) is 27.2 Å². The van der Waals surface area contributed by atoms with Gasteiger partial charge in [0, 0.05) is 6.54 Å². The Morgan fingerprint density at radius 1 is 1.56 bits per heavy atom. The molecule has 1 aliphatic heterocycles. The maximum absolute atomic E-state index is 11.4. The Labute approximate surface area is 98.1 Å². The third-order valence-electron chi connectivity index (χ3n) is 3.10. The van der Waals surface area contributed by atoms with Crippen molar-refractivity contribution in [2.24, 2.45) is 11.8 Å². The molecule has 0 aromatic heterocycles. The van der Waals surface area contributed by atoms with Crippen LogP contribution in [0.5, 0.6) is 0 Å². The van der Waals surface area contributed by atoms with Crippen LogP contribution in [0.4, 0.5) is 0 Å². The van der Waals surface area contributed by atoms with E-state index in [1.165, 1.54) is 6.42 Å². The Morgan fingerprint density at radius 2 is 2.31 bits per heavy atom. The number of carbonyl (C=O) groups excluding carboxylic acids is 1. The van der Waals surface area contributed by atoms with Crippen molar-refractivity contribution in [1.29, 1.82) is 0 Å². The molecular formula is C12H24N2O2. The van der Waals surface area contributed by atoms with E-state index in [1.807, 2.05) is 13.8 Å². The molecule has 16 heavy (non-hydrogen) atoms. The third kappa shape index (κ3) is 4.94. The van der Waals surface area contributed by atoms with E-state index in [0.717, 1.165) is 19.6 Å². The fraction of sp³-hybridized carbons (Fsp3) is 0.917. The van der Waals surface area contributed by atoms with Gasteiger partial charge in [0.2, 0.25) is 5.91 Å². The molecule has 0 aromatic carbocycles. The zero-order chi connectivity index (χ0) is 12.0. The predicted octanol–water partition coefficient (Wildman–Crippen LogP) is 0.773. The highest BCUT2D eigenvalue weighted by Gasteiger charge is 2.21. The molecule has 1 saturated heterocycles. The van der Waals surface area contributed by atoms with E-state index in [0.29, 0.717) is 11.8 Å². The largest absolute Gasteiger partial charge is 0.369 e. The molecule has 2 atom stereocenters. The van der Waals surface area contributed by atoms with E-state index in [2.05, 4.69) is 17.6 Å². The van der Waals surface area contributed by atoms with Gasteiger partial charge in [-0.1, -0.05) is 6.92 Å². The van der Waals surface area contributed by atoms with Gasteiger partial charge in [0.25, 0.3) is 0 Å². The van der Waals surface area contributed by atoms with Gasteiger partial charge in [-0.3, -0.25) is 4.79 Å². The Bertz CT molecular complexity index is 219. The van der Waals surface area contributed by atoms with Crippen LogP contribution in [0, 0.1) is 11.8 Å². The van der Waals surface area contributed by atoms with Crippen LogP contribution in [0.3, 0.4) is 0 Å². The van der Waals surface area contributed by atoms with Crippen molar-refractivity contribution in [2.75, 3.05) is 26.2 Å². The van der Waals surface area contributed by atoms with Crippen molar-refractivity contribution < 1.29 is 9.53 Å². The van der Waals surface area contributed by atoms with Crippen LogP contribution in [0.2, 0.25) is 0 Å². The molecule has 2 N–H and O–H groups in total. The summed E-state index contributed by atoms with van der Waals surface area (Å²) in [6, 6.07) is 0. The summed E-state index contributed by atoms with van der Waals surface area (Å²) in [6.45, 7) is 9.15. The smallest absolute Gasteiger partial charge is 0.246 e. The Balaban J connectivity index is 2.15. The van der Waals surface area contributed by atoms with Gasteiger partial charge < -0.3 is 15.4 Å². The summed E-state index contributed by atoms with van der Waals surface area (Å²) in [5, 5.41) is 6.29. The molecule has 4 nitrogen and oxygen atoms in total. The van der Waals surface area contributed by atoms with E-state index in [1.54, 1.807) is 0 Å². The Hall–Kier alpha value is -0.610. The number of hydrogen-bond acceptors (Lipinski definition) is 3. The van der Waals surface area contributed by atoms with Crippen molar-refractivity contribution in [3.05, 3.63) is 0 Å². The molecule has 94 valence electrons. The standard InChI is InChI=1S/C12H24N2O2/c1-9(2)16-8-12(15)14-7-11-6-13-5-4-10(11)3/h9-11,13H,4-8H2,1-3H3,(H,14,15). The number of ether oxygens (including phenoxy) is 1. The van der Waals surface area contributed by atoms with Gasteiger partial charge in [0.15, 0.2) is 0 Å². The number of nitrogens with one attached hydrogen (secondary N) is 2. The number of piperidine rings is 1. The molecule has 0 aliphatic carbocycles. The van der Waals surface area contributed by atoms with Crippen molar-refractivity contribution in [3.63, 3.8) is 0 Å². The van der Waals surface area contributed by atoms with E-state index in [-0.39, 0.29) is 18.6 Å². The fourth-order valence-electron chi connectivity index (χ4n) is 1.87. The summed E-state index contributed by atoms with van der Waals surface area (Å²) in [7, 11) is 0. The van der Waals surface area contributed by atoms with Gasteiger partial charge in [-0.25, -0.2) is 0 Å². The minimum absolute atomic E-state index is 0.00789. The van der Waals surface area contributed by atoms with Crippen LogP contribution in [-0.4, -0.2) is 38.3 Å². The zero-order valence-electron chi connectivity index (χ0n) is 10.6. The summed E-state index contributed by atoms with van der Waals surface area (Å²) in [5.74, 6) is 1.23. The summed E-state index contributed by atoms with van der Waals surface area (Å²) < 4.78 is 5.24. The van der Waals surface area contributed by atoms with Crippen molar-refractivity contribution in [2.45, 2.75) is 33.3 Å². The summed E-state index contributed by atoms with van der Waals surface area (Å²) in [4.78, 5) is 11.4. The van der Waals surface area contributed by atoms with Crippen molar-refractivity contribution in [3.8, 4) is 0 Å². The van der Waals surface area contributed by atoms with Gasteiger partial charge in [0.1, 0.15) is 6.61 Å². The highest BCUT2D eigenvalue weighted by Crippen LogP contribution is 2.17. The average Bonchev–Trinajstić information content (AvgIpc) is 2.25. The normalized spacial score (nSPS) is 25.8. The number of carbonyl (C=O) groups is 1. The molecule has 1 rings (SSSR count). The lowest BCUT2D eigenvalue weighted by atomic mass is 9.88. The zero-order valence-corrected chi connectivity index (χ0v) is 10.6. The first-order chi connectivity index (χ1) is 7.59. The first-order valence-electron chi connectivity index (χ1n) is 6.18. The summed E-state index contributed by atoms with van der Waals surface area (Å²) in [6.07, 6.45) is 1.31. The summed E-state index contributed by atoms with van der Waals surface area (Å²) >= 11 is 0. The van der Waals surface area contributed by atoms with Gasteiger partial charge in [-0.05, 0) is 45.2 Å². The van der Waals surface area contributed by atoms with Gasteiger partial charge in [0.05, 0.1) is 6.10 Å². The van der Waals surface area contributed by atoms with Crippen molar-refractivity contribution >= 4 is 5.91 Å². The second-order valence-electron chi connectivity index (χ2n) is 4.89. The minimum atomic E-state index is -0.00789. The molecule has 0 spiro atoms. The molecule has 2 unspecified atom stereocenters. The van der Waals surface area contributed by atoms with Gasteiger partial charge >= 0.3 is 0 Å². The van der Waals surface area contributed by atoms with Crippen LogP contribution in [0.15, 0.2) is 0 Å². The first-order valence-corrected chi connectivity index (χ1v) is 6.18. The second kappa shape index (κ2) is 6.86. The molecule has 1 aliphatic rings. The van der Waals surface area contributed by atoms with Gasteiger partial charge in [-0.2, -0.15) is 0 Å². The van der Waals surface area contributed by atoms with Crippen LogP contribution in [-0.2, 0) is 9.53 Å². The lowest BCUT2D eigenvalue weighted by molar-refractivity contribution is -0.127. The molecule has 0 radical (unpaired) electrons. The average molecular weight is 228 g/mol. The fourth-order valence-corrected chi connectivity index (χ4v) is 1.87. The van der Waals surface area contributed by atoms with E-state index in [9.17, 15) is 4.79 Å². The second-order valence-corrected chi connectivity index (χ2v) is 4.89. The Morgan fingerprint density at radius 3 is 2.94 bits per heavy atom. The molecule has 0 bridgehead atoms. The SMILES string of the molecule is CC(C)OCC(=O)NCC1CNCCC1C. The van der Waals surface area contributed by atoms with E-state index in [4.69, 9.17) is 4.74 Å².